The standard InChI is InChI=1S/C18H12F4N2O2/c19-11-5-7-15(13(21)9-11)23-17(25)3-1-2-4-18(26)24-16-8-6-12(20)10-14(16)22/h1-10H,(H,23,25)(H,24,26)/b3-1+,4-2+. The number of rotatable bonds is 5. The molecule has 0 bridgehead atoms. The Balaban J connectivity index is 1.88. The number of amides is 2. The molecule has 0 unspecified atom stereocenters. The first-order valence-electron chi connectivity index (χ1n) is 7.22. The van der Waals surface area contributed by atoms with Crippen molar-refractivity contribution in [2.75, 3.05) is 10.6 Å². The topological polar surface area (TPSA) is 58.2 Å². The molecule has 2 aromatic rings. The van der Waals surface area contributed by atoms with Gasteiger partial charge < -0.3 is 10.6 Å². The van der Waals surface area contributed by atoms with Crippen molar-refractivity contribution in [3.8, 4) is 0 Å². The van der Waals surface area contributed by atoms with E-state index >= 15 is 0 Å². The predicted octanol–water partition coefficient (Wildman–Crippen LogP) is 3.93. The molecule has 2 rings (SSSR count). The molecule has 26 heavy (non-hydrogen) atoms. The quantitative estimate of drug-likeness (QED) is 0.480. The third-order valence-electron chi connectivity index (χ3n) is 2.98. The zero-order chi connectivity index (χ0) is 19.1. The number of carbonyl (C=O) groups is 2. The molecule has 0 aromatic heterocycles. The third-order valence-corrected chi connectivity index (χ3v) is 2.98. The second-order valence-electron chi connectivity index (χ2n) is 4.95. The predicted molar refractivity (Wildman–Crippen MR) is 88.3 cm³/mol. The number of hydrogen-bond donors (Lipinski definition) is 2. The maximum Gasteiger partial charge on any atom is 0.248 e. The van der Waals surface area contributed by atoms with E-state index in [4.69, 9.17) is 0 Å². The van der Waals surface area contributed by atoms with Gasteiger partial charge in [0.1, 0.15) is 23.3 Å². The first-order valence-corrected chi connectivity index (χ1v) is 7.22. The largest absolute Gasteiger partial charge is 0.320 e. The van der Waals surface area contributed by atoms with Crippen molar-refractivity contribution in [2.45, 2.75) is 0 Å². The minimum Gasteiger partial charge on any atom is -0.320 e. The number of allylic oxidation sites excluding steroid dienone is 2. The molecule has 0 aliphatic heterocycles. The van der Waals surface area contributed by atoms with E-state index in [1.807, 2.05) is 0 Å². The summed E-state index contributed by atoms with van der Waals surface area (Å²) < 4.78 is 52.2. The Morgan fingerprint density at radius 1 is 0.692 bits per heavy atom. The van der Waals surface area contributed by atoms with E-state index < -0.39 is 35.1 Å². The number of benzene rings is 2. The molecule has 0 radical (unpaired) electrons. The van der Waals surface area contributed by atoms with Crippen molar-refractivity contribution in [1.29, 1.82) is 0 Å². The van der Waals surface area contributed by atoms with E-state index in [-0.39, 0.29) is 11.4 Å². The van der Waals surface area contributed by atoms with E-state index in [0.717, 1.165) is 36.4 Å². The third kappa shape index (κ3) is 5.59. The Hall–Kier alpha value is -3.42. The van der Waals surface area contributed by atoms with Gasteiger partial charge in [0.05, 0.1) is 11.4 Å². The molecule has 2 N–H and O–H groups in total. The zero-order valence-electron chi connectivity index (χ0n) is 13.1. The van der Waals surface area contributed by atoms with E-state index in [0.29, 0.717) is 12.1 Å². The first kappa shape index (κ1) is 18.9. The van der Waals surface area contributed by atoms with Crippen molar-refractivity contribution in [3.63, 3.8) is 0 Å². The van der Waals surface area contributed by atoms with Gasteiger partial charge in [-0.1, -0.05) is 12.2 Å². The van der Waals surface area contributed by atoms with Gasteiger partial charge in [-0.15, -0.1) is 0 Å². The Labute approximate surface area is 145 Å². The molecule has 134 valence electrons. The molecular weight excluding hydrogens is 352 g/mol. The van der Waals surface area contributed by atoms with Gasteiger partial charge in [-0.05, 0) is 24.3 Å². The smallest absolute Gasteiger partial charge is 0.248 e. The lowest BCUT2D eigenvalue weighted by molar-refractivity contribution is -0.112. The van der Waals surface area contributed by atoms with Crippen LogP contribution in [0.3, 0.4) is 0 Å². The Morgan fingerprint density at radius 2 is 1.08 bits per heavy atom. The monoisotopic (exact) mass is 364 g/mol. The normalized spacial score (nSPS) is 11.1. The van der Waals surface area contributed by atoms with E-state index in [1.54, 1.807) is 0 Å². The summed E-state index contributed by atoms with van der Waals surface area (Å²) in [6.45, 7) is 0. The van der Waals surface area contributed by atoms with Crippen LogP contribution in [0.25, 0.3) is 0 Å². The van der Waals surface area contributed by atoms with Gasteiger partial charge >= 0.3 is 0 Å². The van der Waals surface area contributed by atoms with Gasteiger partial charge in [0.2, 0.25) is 11.8 Å². The highest BCUT2D eigenvalue weighted by atomic mass is 19.1. The molecule has 0 fully saturated rings. The number of halogens is 4. The number of hydrogen-bond acceptors (Lipinski definition) is 2. The molecule has 2 aromatic carbocycles. The molecule has 2 amide bonds. The molecule has 0 heterocycles. The van der Waals surface area contributed by atoms with Crippen LogP contribution < -0.4 is 10.6 Å². The number of anilines is 2. The molecule has 0 saturated carbocycles. The van der Waals surface area contributed by atoms with Gasteiger partial charge in [-0.2, -0.15) is 0 Å². The highest BCUT2D eigenvalue weighted by Gasteiger charge is 2.06. The minimum absolute atomic E-state index is 0.199. The van der Waals surface area contributed by atoms with Crippen molar-refractivity contribution in [2.24, 2.45) is 0 Å². The number of carbonyl (C=O) groups excluding carboxylic acids is 2. The summed E-state index contributed by atoms with van der Waals surface area (Å²) in [6.07, 6.45) is 4.39. The van der Waals surface area contributed by atoms with Crippen LogP contribution in [0.4, 0.5) is 28.9 Å². The van der Waals surface area contributed by atoms with E-state index in [1.165, 1.54) is 12.2 Å². The summed E-state index contributed by atoms with van der Waals surface area (Å²) in [5.74, 6) is -4.81. The van der Waals surface area contributed by atoms with Gasteiger partial charge in [-0.25, -0.2) is 17.6 Å². The van der Waals surface area contributed by atoms with Crippen LogP contribution in [0.5, 0.6) is 0 Å². The Bertz CT molecular complexity index is 821. The molecule has 8 heteroatoms. The van der Waals surface area contributed by atoms with Crippen molar-refractivity contribution >= 4 is 23.2 Å². The van der Waals surface area contributed by atoms with Crippen molar-refractivity contribution in [3.05, 3.63) is 84.0 Å². The summed E-state index contributed by atoms with van der Waals surface area (Å²) in [5.41, 5.74) is -0.399. The van der Waals surface area contributed by atoms with Crippen LogP contribution in [0.1, 0.15) is 0 Å². The second-order valence-corrected chi connectivity index (χ2v) is 4.95. The van der Waals surface area contributed by atoms with Crippen LogP contribution in [-0.2, 0) is 9.59 Å². The fourth-order valence-corrected chi connectivity index (χ4v) is 1.82. The fraction of sp³-hybridized carbons (Fsp3) is 0. The molecule has 0 spiro atoms. The van der Waals surface area contributed by atoms with Gasteiger partial charge in [0.15, 0.2) is 0 Å². The summed E-state index contributed by atoms with van der Waals surface area (Å²) in [4.78, 5) is 23.2. The first-order chi connectivity index (χ1) is 12.3. The summed E-state index contributed by atoms with van der Waals surface area (Å²) in [6, 6.07) is 5.35. The molecular formula is C18H12F4N2O2. The molecule has 0 aliphatic carbocycles. The minimum atomic E-state index is -0.928. The maximum absolute atomic E-state index is 13.4. The van der Waals surface area contributed by atoms with E-state index in [2.05, 4.69) is 10.6 Å². The Kier molecular flexibility index (Phi) is 6.26. The van der Waals surface area contributed by atoms with Crippen LogP contribution in [0.2, 0.25) is 0 Å². The Morgan fingerprint density at radius 3 is 1.42 bits per heavy atom. The fourth-order valence-electron chi connectivity index (χ4n) is 1.82. The molecule has 0 aliphatic rings. The van der Waals surface area contributed by atoms with Gasteiger partial charge in [0, 0.05) is 24.3 Å². The summed E-state index contributed by atoms with van der Waals surface area (Å²) in [7, 11) is 0. The zero-order valence-corrected chi connectivity index (χ0v) is 13.1. The highest BCUT2D eigenvalue weighted by molar-refractivity contribution is 6.01. The highest BCUT2D eigenvalue weighted by Crippen LogP contribution is 2.15. The van der Waals surface area contributed by atoms with Crippen LogP contribution in [0, 0.1) is 23.3 Å². The molecule has 4 nitrogen and oxygen atoms in total. The second kappa shape index (κ2) is 8.61. The molecule has 0 saturated heterocycles. The van der Waals surface area contributed by atoms with Gasteiger partial charge in [0.25, 0.3) is 0 Å². The average molecular weight is 364 g/mol. The van der Waals surface area contributed by atoms with Gasteiger partial charge in [-0.3, -0.25) is 9.59 Å². The average Bonchev–Trinajstić information content (AvgIpc) is 2.57. The van der Waals surface area contributed by atoms with Crippen molar-refractivity contribution < 1.29 is 27.2 Å². The lowest BCUT2D eigenvalue weighted by atomic mass is 10.3. The lowest BCUT2D eigenvalue weighted by Gasteiger charge is -2.03. The molecule has 0 atom stereocenters. The summed E-state index contributed by atoms with van der Waals surface area (Å²) in [5, 5.41) is 4.38. The van der Waals surface area contributed by atoms with Crippen molar-refractivity contribution in [1.82, 2.24) is 0 Å². The van der Waals surface area contributed by atoms with Crippen LogP contribution >= 0.6 is 0 Å². The van der Waals surface area contributed by atoms with Crippen LogP contribution in [-0.4, -0.2) is 11.8 Å². The van der Waals surface area contributed by atoms with E-state index in [9.17, 15) is 27.2 Å². The SMILES string of the molecule is O=C(/C=C/C=C/C(=O)Nc1ccc(F)cc1F)Nc1ccc(F)cc1F. The number of nitrogens with one attached hydrogen (secondary N) is 2. The lowest BCUT2D eigenvalue weighted by Crippen LogP contribution is -2.10. The van der Waals surface area contributed by atoms with Crippen LogP contribution in [0.15, 0.2) is 60.7 Å². The maximum atomic E-state index is 13.4. The summed E-state index contributed by atoms with van der Waals surface area (Å²) >= 11 is 0.